The minimum atomic E-state index is -0.461. The molecule has 0 fully saturated rings. The lowest BCUT2D eigenvalue weighted by Gasteiger charge is -2.07. The van der Waals surface area contributed by atoms with Gasteiger partial charge in [0, 0.05) is 17.8 Å². The average Bonchev–Trinajstić information content (AvgIpc) is 2.40. The van der Waals surface area contributed by atoms with Gasteiger partial charge in [0.25, 0.3) is 0 Å². The number of carbonyl (C=O) groups is 1. The van der Waals surface area contributed by atoms with Crippen LogP contribution in [0.2, 0.25) is 5.02 Å². The number of benzene rings is 2. The lowest BCUT2D eigenvalue weighted by atomic mass is 10.2. The van der Waals surface area contributed by atoms with Crippen LogP contribution < -0.4 is 11.1 Å². The molecule has 98 valence electrons. The van der Waals surface area contributed by atoms with Crippen molar-refractivity contribution in [3.05, 3.63) is 64.4 Å². The van der Waals surface area contributed by atoms with Crippen molar-refractivity contribution < 1.29 is 9.18 Å². The highest BCUT2D eigenvalue weighted by Gasteiger charge is 2.02. The fraction of sp³-hybridized carbons (Fsp3) is 0.0714. The van der Waals surface area contributed by atoms with Crippen molar-refractivity contribution in [3.8, 4) is 0 Å². The lowest BCUT2D eigenvalue weighted by molar-refractivity contribution is 0.100. The summed E-state index contributed by atoms with van der Waals surface area (Å²) in [6, 6.07) is 11.4. The predicted molar refractivity (Wildman–Crippen MR) is 73.7 cm³/mol. The third kappa shape index (κ3) is 3.45. The van der Waals surface area contributed by atoms with E-state index < -0.39 is 11.7 Å². The first kappa shape index (κ1) is 13.4. The van der Waals surface area contributed by atoms with E-state index in [0.717, 1.165) is 11.3 Å². The number of primary amides is 1. The van der Waals surface area contributed by atoms with Crippen molar-refractivity contribution in [1.29, 1.82) is 0 Å². The molecule has 0 bridgehead atoms. The van der Waals surface area contributed by atoms with Crippen LogP contribution in [-0.4, -0.2) is 5.91 Å². The first-order chi connectivity index (χ1) is 9.06. The maximum atomic E-state index is 13.0. The van der Waals surface area contributed by atoms with Crippen molar-refractivity contribution in [2.24, 2.45) is 5.73 Å². The molecule has 2 rings (SSSR count). The molecule has 0 aliphatic heterocycles. The van der Waals surface area contributed by atoms with Crippen molar-refractivity contribution in [1.82, 2.24) is 0 Å². The molecule has 0 aromatic heterocycles. The first-order valence-corrected chi connectivity index (χ1v) is 6.02. The van der Waals surface area contributed by atoms with Crippen molar-refractivity contribution in [3.63, 3.8) is 0 Å². The number of hydrogen-bond donors (Lipinski definition) is 2. The van der Waals surface area contributed by atoms with E-state index in [4.69, 9.17) is 17.3 Å². The van der Waals surface area contributed by atoms with E-state index in [2.05, 4.69) is 5.32 Å². The molecule has 0 aliphatic rings. The normalized spacial score (nSPS) is 10.2. The SMILES string of the molecule is NC(=O)c1ccc(NCc2ccc(F)c(Cl)c2)cc1. The van der Waals surface area contributed by atoms with E-state index in [1.54, 1.807) is 36.4 Å². The Kier molecular flexibility index (Phi) is 4.02. The van der Waals surface area contributed by atoms with Crippen LogP contribution in [0.5, 0.6) is 0 Å². The van der Waals surface area contributed by atoms with Crippen LogP contribution in [0.4, 0.5) is 10.1 Å². The van der Waals surface area contributed by atoms with E-state index >= 15 is 0 Å². The van der Waals surface area contributed by atoms with Gasteiger partial charge in [-0.3, -0.25) is 4.79 Å². The van der Waals surface area contributed by atoms with E-state index in [9.17, 15) is 9.18 Å². The van der Waals surface area contributed by atoms with Crippen LogP contribution in [0.3, 0.4) is 0 Å². The third-order valence-corrected chi connectivity index (χ3v) is 2.94. The molecular weight excluding hydrogens is 267 g/mol. The van der Waals surface area contributed by atoms with Gasteiger partial charge in [-0.1, -0.05) is 17.7 Å². The number of rotatable bonds is 4. The Morgan fingerprint density at radius 1 is 1.21 bits per heavy atom. The molecule has 0 atom stereocenters. The Morgan fingerprint density at radius 3 is 2.47 bits per heavy atom. The second kappa shape index (κ2) is 5.71. The van der Waals surface area contributed by atoms with Gasteiger partial charge in [0.1, 0.15) is 5.82 Å². The van der Waals surface area contributed by atoms with Crippen LogP contribution in [-0.2, 0) is 6.54 Å². The van der Waals surface area contributed by atoms with Gasteiger partial charge >= 0.3 is 0 Å². The molecule has 0 heterocycles. The highest BCUT2D eigenvalue weighted by Crippen LogP contribution is 2.17. The van der Waals surface area contributed by atoms with Gasteiger partial charge in [-0.05, 0) is 42.0 Å². The van der Waals surface area contributed by atoms with E-state index in [1.807, 2.05) is 0 Å². The maximum Gasteiger partial charge on any atom is 0.248 e. The van der Waals surface area contributed by atoms with Gasteiger partial charge in [-0.2, -0.15) is 0 Å². The summed E-state index contributed by atoms with van der Waals surface area (Å²) in [4.78, 5) is 10.9. The Bertz CT molecular complexity index is 599. The molecule has 5 heteroatoms. The zero-order chi connectivity index (χ0) is 13.8. The van der Waals surface area contributed by atoms with Crippen LogP contribution in [0.25, 0.3) is 0 Å². The van der Waals surface area contributed by atoms with Crippen LogP contribution in [0.1, 0.15) is 15.9 Å². The third-order valence-electron chi connectivity index (χ3n) is 2.65. The smallest absolute Gasteiger partial charge is 0.248 e. The average molecular weight is 279 g/mol. The minimum Gasteiger partial charge on any atom is -0.381 e. The standard InChI is InChI=1S/C14H12ClFN2O/c15-12-7-9(1-6-13(12)16)8-18-11-4-2-10(3-5-11)14(17)19/h1-7,18H,8H2,(H2,17,19). The molecule has 19 heavy (non-hydrogen) atoms. The van der Waals surface area contributed by atoms with Crippen molar-refractivity contribution in [2.75, 3.05) is 5.32 Å². The molecule has 2 aromatic rings. The summed E-state index contributed by atoms with van der Waals surface area (Å²) in [7, 11) is 0. The Labute approximate surface area is 115 Å². The highest BCUT2D eigenvalue weighted by molar-refractivity contribution is 6.30. The summed E-state index contributed by atoms with van der Waals surface area (Å²) in [5.41, 5.74) is 7.31. The Morgan fingerprint density at radius 2 is 1.89 bits per heavy atom. The zero-order valence-electron chi connectivity index (χ0n) is 9.99. The highest BCUT2D eigenvalue weighted by atomic mass is 35.5. The van der Waals surface area contributed by atoms with Crippen molar-refractivity contribution in [2.45, 2.75) is 6.54 Å². The van der Waals surface area contributed by atoms with Gasteiger partial charge in [0.05, 0.1) is 5.02 Å². The van der Waals surface area contributed by atoms with Crippen LogP contribution >= 0.6 is 11.6 Å². The Hall–Kier alpha value is -2.07. The summed E-state index contributed by atoms with van der Waals surface area (Å²) in [5.74, 6) is -0.895. The van der Waals surface area contributed by atoms with Gasteiger partial charge in [-0.15, -0.1) is 0 Å². The summed E-state index contributed by atoms with van der Waals surface area (Å²) in [6.07, 6.45) is 0. The fourth-order valence-corrected chi connectivity index (χ4v) is 1.81. The molecule has 0 radical (unpaired) electrons. The number of anilines is 1. The van der Waals surface area contributed by atoms with Gasteiger partial charge < -0.3 is 11.1 Å². The number of nitrogens with two attached hydrogens (primary N) is 1. The van der Waals surface area contributed by atoms with Crippen molar-refractivity contribution >= 4 is 23.2 Å². The number of nitrogens with one attached hydrogen (secondary N) is 1. The molecule has 0 saturated heterocycles. The monoisotopic (exact) mass is 278 g/mol. The van der Waals surface area contributed by atoms with Gasteiger partial charge in [0.15, 0.2) is 0 Å². The molecule has 0 unspecified atom stereocenters. The Balaban J connectivity index is 2.01. The molecule has 3 N–H and O–H groups in total. The van der Waals surface area contributed by atoms with E-state index in [-0.39, 0.29) is 5.02 Å². The predicted octanol–water partition coefficient (Wildman–Crippen LogP) is 3.19. The number of amides is 1. The minimum absolute atomic E-state index is 0.100. The first-order valence-electron chi connectivity index (χ1n) is 5.64. The fourth-order valence-electron chi connectivity index (χ4n) is 1.61. The molecular formula is C14H12ClFN2O. The second-order valence-corrected chi connectivity index (χ2v) is 4.45. The van der Waals surface area contributed by atoms with E-state index in [0.29, 0.717) is 12.1 Å². The van der Waals surface area contributed by atoms with E-state index in [1.165, 1.54) is 6.07 Å². The summed E-state index contributed by atoms with van der Waals surface area (Å²) >= 11 is 5.70. The number of halogens is 2. The van der Waals surface area contributed by atoms with Gasteiger partial charge in [-0.25, -0.2) is 4.39 Å². The van der Waals surface area contributed by atoms with Gasteiger partial charge in [0.2, 0.25) is 5.91 Å². The van der Waals surface area contributed by atoms with Crippen LogP contribution in [0.15, 0.2) is 42.5 Å². The molecule has 2 aromatic carbocycles. The number of hydrogen-bond acceptors (Lipinski definition) is 2. The molecule has 0 saturated carbocycles. The van der Waals surface area contributed by atoms with Crippen LogP contribution in [0, 0.1) is 5.82 Å². The maximum absolute atomic E-state index is 13.0. The number of carbonyl (C=O) groups excluding carboxylic acids is 1. The summed E-state index contributed by atoms with van der Waals surface area (Å²) in [5, 5.41) is 3.24. The molecule has 0 aliphatic carbocycles. The molecule has 0 spiro atoms. The summed E-state index contributed by atoms with van der Waals surface area (Å²) < 4.78 is 13.0. The second-order valence-electron chi connectivity index (χ2n) is 4.04. The lowest BCUT2D eigenvalue weighted by Crippen LogP contribution is -2.10. The summed E-state index contributed by atoms with van der Waals surface area (Å²) in [6.45, 7) is 0.510. The quantitative estimate of drug-likeness (QED) is 0.902. The largest absolute Gasteiger partial charge is 0.381 e. The molecule has 3 nitrogen and oxygen atoms in total. The topological polar surface area (TPSA) is 55.1 Å². The molecule has 1 amide bonds. The zero-order valence-corrected chi connectivity index (χ0v) is 10.7.